The van der Waals surface area contributed by atoms with E-state index in [9.17, 15) is 13.2 Å². The summed E-state index contributed by atoms with van der Waals surface area (Å²) in [4.78, 5) is 15.8. The van der Waals surface area contributed by atoms with Crippen molar-refractivity contribution in [2.75, 3.05) is 25.4 Å². The van der Waals surface area contributed by atoms with Gasteiger partial charge in [-0.2, -0.15) is 5.10 Å². The highest BCUT2D eigenvalue weighted by molar-refractivity contribution is 7.90. The van der Waals surface area contributed by atoms with Gasteiger partial charge in [-0.1, -0.05) is 0 Å². The molecule has 0 radical (unpaired) electrons. The Labute approximate surface area is 155 Å². The number of rotatable bonds is 8. The van der Waals surface area contributed by atoms with E-state index in [1.54, 1.807) is 24.4 Å². The van der Waals surface area contributed by atoms with Crippen molar-refractivity contribution in [3.63, 3.8) is 0 Å². The number of nitrogens with one attached hydrogen (secondary N) is 1. The lowest BCUT2D eigenvalue weighted by atomic mass is 10.2. The van der Waals surface area contributed by atoms with Crippen LogP contribution in [0.2, 0.25) is 0 Å². The zero-order valence-electron chi connectivity index (χ0n) is 14.6. The first-order valence-corrected chi connectivity index (χ1v) is 10.4. The highest BCUT2D eigenvalue weighted by atomic mass is 32.2. The molecule has 0 unspecified atom stereocenters. The summed E-state index contributed by atoms with van der Waals surface area (Å²) in [5, 5.41) is 6.23. The average Bonchev–Trinajstić information content (AvgIpc) is 3.01. The number of carbonyl (C=O) groups is 1. The molecule has 0 saturated heterocycles. The molecule has 0 aliphatic heterocycles. The molecule has 1 aromatic carbocycles. The maximum atomic E-state index is 11.9. The molecule has 140 valence electrons. The number of ether oxygens (including phenoxy) is 2. The molecule has 0 amide bonds. The van der Waals surface area contributed by atoms with E-state index < -0.39 is 9.84 Å². The number of nitrogens with zero attached hydrogens (tertiary/aromatic N) is 2. The number of aromatic nitrogens is 1. The van der Waals surface area contributed by atoms with Crippen LogP contribution in [0.5, 0.6) is 5.75 Å². The number of methoxy groups -OCH3 is 1. The van der Waals surface area contributed by atoms with Crippen molar-refractivity contribution in [1.29, 1.82) is 0 Å². The molecule has 0 fully saturated rings. The number of thiazole rings is 1. The van der Waals surface area contributed by atoms with Crippen molar-refractivity contribution >= 4 is 38.5 Å². The zero-order chi connectivity index (χ0) is 19.2. The van der Waals surface area contributed by atoms with Gasteiger partial charge in [-0.3, -0.25) is 10.2 Å². The predicted octanol–water partition coefficient (Wildman–Crippen LogP) is 2.11. The first-order chi connectivity index (χ1) is 12.3. The molecule has 0 atom stereocenters. The topological polar surface area (TPSA) is 107 Å². The number of hydrogen-bond donors (Lipinski definition) is 1. The van der Waals surface area contributed by atoms with E-state index in [4.69, 9.17) is 9.47 Å². The summed E-state index contributed by atoms with van der Waals surface area (Å²) in [6.07, 6.45) is 2.60. The van der Waals surface area contributed by atoms with Gasteiger partial charge in [0.2, 0.25) is 5.13 Å². The minimum atomic E-state index is -3.44. The molecule has 0 spiro atoms. The van der Waals surface area contributed by atoms with E-state index in [0.29, 0.717) is 28.7 Å². The summed E-state index contributed by atoms with van der Waals surface area (Å²) in [7, 11) is -1.97. The van der Waals surface area contributed by atoms with Crippen molar-refractivity contribution in [3.05, 3.63) is 34.8 Å². The molecular formula is C16H19N3O5S2. The standard InChI is InChI=1S/C16H19N3O5S2/c1-4-24-15(20)7-12-10-25-16(18-12)19-17-9-11-5-6-13(23-2)8-14(11)26(3,21)22/h5-6,8-10H,4,7H2,1-3H3,(H,18,19). The Morgan fingerprint density at radius 1 is 1.42 bits per heavy atom. The van der Waals surface area contributed by atoms with Gasteiger partial charge in [-0.25, -0.2) is 13.4 Å². The van der Waals surface area contributed by atoms with Gasteiger partial charge in [0.05, 0.1) is 36.9 Å². The second-order valence-electron chi connectivity index (χ2n) is 5.17. The number of hydrogen-bond acceptors (Lipinski definition) is 9. The van der Waals surface area contributed by atoms with E-state index in [2.05, 4.69) is 15.5 Å². The second kappa shape index (κ2) is 8.77. The molecular weight excluding hydrogens is 378 g/mol. The minimum absolute atomic E-state index is 0.0897. The van der Waals surface area contributed by atoms with Gasteiger partial charge >= 0.3 is 5.97 Å². The molecule has 2 rings (SSSR count). The van der Waals surface area contributed by atoms with Crippen molar-refractivity contribution in [1.82, 2.24) is 4.98 Å². The number of carbonyl (C=O) groups excluding carboxylic acids is 1. The van der Waals surface area contributed by atoms with Gasteiger partial charge < -0.3 is 9.47 Å². The van der Waals surface area contributed by atoms with Crippen molar-refractivity contribution in [2.45, 2.75) is 18.2 Å². The van der Waals surface area contributed by atoms with Crippen LogP contribution < -0.4 is 10.2 Å². The van der Waals surface area contributed by atoms with Gasteiger partial charge in [-0.05, 0) is 25.1 Å². The Bertz CT molecular complexity index is 906. The smallest absolute Gasteiger partial charge is 0.311 e. The number of hydrazone groups is 1. The molecule has 1 heterocycles. The lowest BCUT2D eigenvalue weighted by Gasteiger charge is -2.06. The second-order valence-corrected chi connectivity index (χ2v) is 8.01. The Balaban J connectivity index is 2.09. The number of anilines is 1. The fourth-order valence-corrected chi connectivity index (χ4v) is 3.56. The highest BCUT2D eigenvalue weighted by Gasteiger charge is 2.13. The third-order valence-corrected chi connectivity index (χ3v) is 5.11. The van der Waals surface area contributed by atoms with Crippen LogP contribution >= 0.6 is 11.3 Å². The monoisotopic (exact) mass is 397 g/mol. The van der Waals surface area contributed by atoms with Crippen LogP contribution in [0.25, 0.3) is 0 Å². The third kappa shape index (κ3) is 5.53. The molecule has 8 nitrogen and oxygen atoms in total. The minimum Gasteiger partial charge on any atom is -0.497 e. The summed E-state index contributed by atoms with van der Waals surface area (Å²) in [5.74, 6) is 0.0999. The van der Waals surface area contributed by atoms with Gasteiger partial charge in [0.1, 0.15) is 5.75 Å². The Hall–Kier alpha value is -2.46. The zero-order valence-corrected chi connectivity index (χ0v) is 16.2. The molecule has 0 aliphatic rings. The lowest BCUT2D eigenvalue weighted by molar-refractivity contribution is -0.142. The van der Waals surface area contributed by atoms with Crippen molar-refractivity contribution < 1.29 is 22.7 Å². The largest absolute Gasteiger partial charge is 0.497 e. The first kappa shape index (κ1) is 19.9. The Morgan fingerprint density at radius 2 is 2.19 bits per heavy atom. The fraction of sp³-hybridized carbons (Fsp3) is 0.312. The van der Waals surface area contributed by atoms with Crippen LogP contribution in [0.15, 0.2) is 33.6 Å². The Morgan fingerprint density at radius 3 is 2.85 bits per heavy atom. The van der Waals surface area contributed by atoms with E-state index in [-0.39, 0.29) is 17.3 Å². The molecule has 0 aliphatic carbocycles. The normalized spacial score (nSPS) is 11.5. The quantitative estimate of drug-likeness (QED) is 0.413. The number of esters is 1. The van der Waals surface area contributed by atoms with Crippen molar-refractivity contribution in [2.24, 2.45) is 5.10 Å². The maximum absolute atomic E-state index is 11.9. The van der Waals surface area contributed by atoms with E-state index in [1.165, 1.54) is 30.7 Å². The van der Waals surface area contributed by atoms with Gasteiger partial charge in [0.15, 0.2) is 9.84 Å². The molecule has 10 heteroatoms. The average molecular weight is 397 g/mol. The Kier molecular flexibility index (Phi) is 6.70. The summed E-state index contributed by atoms with van der Waals surface area (Å²) in [5.41, 5.74) is 3.72. The third-order valence-electron chi connectivity index (χ3n) is 3.17. The lowest BCUT2D eigenvalue weighted by Crippen LogP contribution is -2.07. The van der Waals surface area contributed by atoms with E-state index in [1.807, 2.05) is 0 Å². The first-order valence-electron chi connectivity index (χ1n) is 7.60. The predicted molar refractivity (Wildman–Crippen MR) is 99.8 cm³/mol. The highest BCUT2D eigenvalue weighted by Crippen LogP contribution is 2.21. The van der Waals surface area contributed by atoms with Crippen LogP contribution in [0.3, 0.4) is 0 Å². The van der Waals surface area contributed by atoms with Crippen LogP contribution in [-0.2, 0) is 25.8 Å². The van der Waals surface area contributed by atoms with Gasteiger partial charge in [0, 0.05) is 17.2 Å². The van der Waals surface area contributed by atoms with Crippen molar-refractivity contribution in [3.8, 4) is 5.75 Å². The molecule has 1 N–H and O–H groups in total. The van der Waals surface area contributed by atoms with E-state index >= 15 is 0 Å². The molecule has 1 aromatic heterocycles. The summed E-state index contributed by atoms with van der Waals surface area (Å²) >= 11 is 1.28. The van der Waals surface area contributed by atoms with Gasteiger partial charge in [0.25, 0.3) is 0 Å². The van der Waals surface area contributed by atoms with Crippen LogP contribution in [0.4, 0.5) is 5.13 Å². The fourth-order valence-electron chi connectivity index (χ4n) is 2.03. The molecule has 0 bridgehead atoms. The molecule has 26 heavy (non-hydrogen) atoms. The van der Waals surface area contributed by atoms with Crippen LogP contribution in [0, 0.1) is 0 Å². The molecule has 0 saturated carbocycles. The van der Waals surface area contributed by atoms with Crippen LogP contribution in [0.1, 0.15) is 18.2 Å². The number of sulfone groups is 1. The molecule has 2 aromatic rings. The van der Waals surface area contributed by atoms with Gasteiger partial charge in [-0.15, -0.1) is 11.3 Å². The number of benzene rings is 1. The summed E-state index contributed by atoms with van der Waals surface area (Å²) < 4.78 is 33.8. The van der Waals surface area contributed by atoms with E-state index in [0.717, 1.165) is 6.26 Å². The summed E-state index contributed by atoms with van der Waals surface area (Å²) in [6.45, 7) is 2.06. The SMILES string of the molecule is CCOC(=O)Cc1csc(NN=Cc2ccc(OC)cc2S(C)(=O)=O)n1. The maximum Gasteiger partial charge on any atom is 0.311 e. The van der Waals surface area contributed by atoms with Crippen LogP contribution in [-0.4, -0.2) is 45.6 Å². The summed E-state index contributed by atoms with van der Waals surface area (Å²) in [6, 6.07) is 4.70.